The molecule has 0 atom stereocenters. The highest BCUT2D eigenvalue weighted by Gasteiger charge is 2.09. The van der Waals surface area contributed by atoms with E-state index in [1.165, 1.54) is 0 Å². The number of amides is 1. The Labute approximate surface area is 124 Å². The molecule has 2 aromatic rings. The molecule has 0 aliphatic rings. The van der Waals surface area contributed by atoms with Crippen LogP contribution in [-0.2, 0) is 6.54 Å². The van der Waals surface area contributed by atoms with E-state index in [1.807, 2.05) is 19.9 Å². The van der Waals surface area contributed by atoms with Gasteiger partial charge in [0.2, 0.25) is 0 Å². The summed E-state index contributed by atoms with van der Waals surface area (Å²) in [5, 5.41) is 2.77. The highest BCUT2D eigenvalue weighted by Crippen LogP contribution is 2.16. The highest BCUT2D eigenvalue weighted by molar-refractivity contribution is 6.04. The van der Waals surface area contributed by atoms with E-state index in [4.69, 9.17) is 10.5 Å². The number of carbonyl (C=O) groups excluding carboxylic acids is 1. The molecule has 0 saturated heterocycles. The quantitative estimate of drug-likeness (QED) is 0.885. The van der Waals surface area contributed by atoms with Gasteiger partial charge in [-0.2, -0.15) is 0 Å². The van der Waals surface area contributed by atoms with E-state index < -0.39 is 0 Å². The number of rotatable bonds is 5. The van der Waals surface area contributed by atoms with E-state index in [2.05, 4.69) is 10.3 Å². The molecule has 2 rings (SSSR count). The van der Waals surface area contributed by atoms with Gasteiger partial charge in [0, 0.05) is 23.9 Å². The molecule has 3 N–H and O–H groups in total. The van der Waals surface area contributed by atoms with E-state index >= 15 is 0 Å². The second kappa shape index (κ2) is 6.85. The third kappa shape index (κ3) is 4.03. The molecule has 0 saturated carbocycles. The van der Waals surface area contributed by atoms with E-state index in [0.29, 0.717) is 17.9 Å². The van der Waals surface area contributed by atoms with Crippen molar-refractivity contribution in [3.8, 4) is 5.75 Å². The number of aromatic nitrogens is 1. The van der Waals surface area contributed by atoms with Crippen LogP contribution in [0.25, 0.3) is 0 Å². The number of nitrogens with one attached hydrogen (secondary N) is 1. The fourth-order valence-electron chi connectivity index (χ4n) is 1.85. The molecule has 21 heavy (non-hydrogen) atoms. The first kappa shape index (κ1) is 15.0. The predicted molar refractivity (Wildman–Crippen MR) is 82.3 cm³/mol. The number of benzene rings is 1. The summed E-state index contributed by atoms with van der Waals surface area (Å²) in [6.07, 6.45) is 1.72. The zero-order valence-electron chi connectivity index (χ0n) is 12.2. The minimum atomic E-state index is -0.223. The largest absolute Gasteiger partial charge is 0.491 e. The van der Waals surface area contributed by atoms with Gasteiger partial charge in [-0.15, -0.1) is 0 Å². The molecule has 5 heteroatoms. The Kier molecular flexibility index (Phi) is 4.90. The number of hydrogen-bond acceptors (Lipinski definition) is 4. The summed E-state index contributed by atoms with van der Waals surface area (Å²) in [7, 11) is 0. The van der Waals surface area contributed by atoms with Crippen LogP contribution in [0.1, 0.15) is 29.8 Å². The summed E-state index contributed by atoms with van der Waals surface area (Å²) in [6.45, 7) is 4.23. The fraction of sp³-hybridized carbons (Fsp3) is 0.250. The molecule has 0 bridgehead atoms. The van der Waals surface area contributed by atoms with Crippen LogP contribution in [0.15, 0.2) is 42.6 Å². The minimum Gasteiger partial charge on any atom is -0.491 e. The first-order valence-electron chi connectivity index (χ1n) is 6.82. The van der Waals surface area contributed by atoms with Gasteiger partial charge in [0.05, 0.1) is 6.10 Å². The normalized spacial score (nSPS) is 10.5. The Balaban J connectivity index is 2.09. The van der Waals surface area contributed by atoms with Gasteiger partial charge >= 0.3 is 0 Å². The van der Waals surface area contributed by atoms with Crippen molar-refractivity contribution in [1.82, 2.24) is 4.98 Å². The summed E-state index contributed by atoms with van der Waals surface area (Å²) >= 11 is 0. The topological polar surface area (TPSA) is 77.2 Å². The number of ether oxygens (including phenoxy) is 1. The van der Waals surface area contributed by atoms with Crippen LogP contribution in [0.4, 0.5) is 5.82 Å². The maximum Gasteiger partial charge on any atom is 0.256 e. The maximum atomic E-state index is 12.2. The standard InChI is InChI=1S/C16H19N3O2/c1-11(2)21-14-7-5-12(6-8-14)16(20)19-15-13(10-17)4-3-9-18-15/h3-9,11H,10,17H2,1-2H3,(H,18,19,20). The Bertz CT molecular complexity index is 609. The summed E-state index contributed by atoms with van der Waals surface area (Å²) in [5.41, 5.74) is 6.96. The van der Waals surface area contributed by atoms with Crippen molar-refractivity contribution < 1.29 is 9.53 Å². The van der Waals surface area contributed by atoms with Crippen molar-refractivity contribution in [3.63, 3.8) is 0 Å². The molecule has 0 unspecified atom stereocenters. The number of pyridine rings is 1. The molecular weight excluding hydrogens is 266 g/mol. The lowest BCUT2D eigenvalue weighted by molar-refractivity contribution is 0.102. The number of carbonyl (C=O) groups is 1. The van der Waals surface area contributed by atoms with E-state index in [0.717, 1.165) is 11.3 Å². The lowest BCUT2D eigenvalue weighted by Crippen LogP contribution is -2.15. The average molecular weight is 285 g/mol. The van der Waals surface area contributed by atoms with Gasteiger partial charge in [-0.1, -0.05) is 6.07 Å². The third-order valence-electron chi connectivity index (χ3n) is 2.83. The summed E-state index contributed by atoms with van der Waals surface area (Å²) in [5.74, 6) is 1.01. The number of anilines is 1. The molecule has 0 aliphatic heterocycles. The van der Waals surface area contributed by atoms with Crippen LogP contribution in [0.3, 0.4) is 0 Å². The highest BCUT2D eigenvalue weighted by atomic mass is 16.5. The van der Waals surface area contributed by atoms with Crippen molar-refractivity contribution in [3.05, 3.63) is 53.7 Å². The third-order valence-corrected chi connectivity index (χ3v) is 2.83. The molecule has 1 amide bonds. The monoisotopic (exact) mass is 285 g/mol. The van der Waals surface area contributed by atoms with Crippen molar-refractivity contribution in [2.24, 2.45) is 5.73 Å². The van der Waals surface area contributed by atoms with E-state index in [1.54, 1.807) is 36.5 Å². The Morgan fingerprint density at radius 3 is 2.62 bits per heavy atom. The molecule has 0 aliphatic carbocycles. The van der Waals surface area contributed by atoms with Gasteiger partial charge in [0.25, 0.3) is 5.91 Å². The molecule has 5 nitrogen and oxygen atoms in total. The fourth-order valence-corrected chi connectivity index (χ4v) is 1.85. The smallest absolute Gasteiger partial charge is 0.256 e. The molecule has 0 radical (unpaired) electrons. The SMILES string of the molecule is CC(C)Oc1ccc(C(=O)Nc2ncccc2CN)cc1. The van der Waals surface area contributed by atoms with Crippen LogP contribution in [0.2, 0.25) is 0 Å². The lowest BCUT2D eigenvalue weighted by Gasteiger charge is -2.11. The lowest BCUT2D eigenvalue weighted by atomic mass is 10.2. The van der Waals surface area contributed by atoms with Crippen LogP contribution in [0.5, 0.6) is 5.75 Å². The van der Waals surface area contributed by atoms with Gasteiger partial charge < -0.3 is 15.8 Å². The molecule has 110 valence electrons. The van der Waals surface area contributed by atoms with Crippen molar-refractivity contribution in [2.75, 3.05) is 5.32 Å². The maximum absolute atomic E-state index is 12.2. The second-order valence-electron chi connectivity index (χ2n) is 4.86. The van der Waals surface area contributed by atoms with Gasteiger partial charge in [0.15, 0.2) is 0 Å². The average Bonchev–Trinajstić information content (AvgIpc) is 2.48. The van der Waals surface area contributed by atoms with Gasteiger partial charge in [-0.25, -0.2) is 4.98 Å². The molecule has 1 heterocycles. The van der Waals surface area contributed by atoms with Crippen LogP contribution in [0, 0.1) is 0 Å². The molecule has 1 aromatic heterocycles. The van der Waals surface area contributed by atoms with Crippen LogP contribution < -0.4 is 15.8 Å². The van der Waals surface area contributed by atoms with Crippen molar-refractivity contribution in [1.29, 1.82) is 0 Å². The van der Waals surface area contributed by atoms with Gasteiger partial charge in [-0.05, 0) is 44.2 Å². The molecule has 0 spiro atoms. The number of nitrogens with two attached hydrogens (primary N) is 1. The first-order valence-corrected chi connectivity index (χ1v) is 6.82. The number of nitrogens with zero attached hydrogens (tertiary/aromatic N) is 1. The molecule has 1 aromatic carbocycles. The summed E-state index contributed by atoms with van der Waals surface area (Å²) in [4.78, 5) is 16.3. The Morgan fingerprint density at radius 2 is 2.00 bits per heavy atom. The van der Waals surface area contributed by atoms with Gasteiger partial charge in [0.1, 0.15) is 11.6 Å². The molecule has 0 fully saturated rings. The summed E-state index contributed by atoms with van der Waals surface area (Å²) in [6, 6.07) is 10.6. The summed E-state index contributed by atoms with van der Waals surface area (Å²) < 4.78 is 5.54. The van der Waals surface area contributed by atoms with E-state index in [9.17, 15) is 4.79 Å². The first-order chi connectivity index (χ1) is 10.1. The van der Waals surface area contributed by atoms with Crippen molar-refractivity contribution >= 4 is 11.7 Å². The Morgan fingerprint density at radius 1 is 1.29 bits per heavy atom. The van der Waals surface area contributed by atoms with Crippen molar-refractivity contribution in [2.45, 2.75) is 26.5 Å². The molecular formula is C16H19N3O2. The van der Waals surface area contributed by atoms with Gasteiger partial charge in [-0.3, -0.25) is 4.79 Å². The minimum absolute atomic E-state index is 0.102. The van der Waals surface area contributed by atoms with Crippen LogP contribution in [-0.4, -0.2) is 17.0 Å². The van der Waals surface area contributed by atoms with E-state index in [-0.39, 0.29) is 12.0 Å². The number of hydrogen-bond donors (Lipinski definition) is 2. The second-order valence-corrected chi connectivity index (χ2v) is 4.86. The zero-order valence-corrected chi connectivity index (χ0v) is 12.2. The van der Waals surface area contributed by atoms with Crippen LogP contribution >= 0.6 is 0 Å². The zero-order chi connectivity index (χ0) is 15.2. The Hall–Kier alpha value is -2.40. The predicted octanol–water partition coefficient (Wildman–Crippen LogP) is 2.58.